The first-order chi connectivity index (χ1) is 14.6. The minimum Gasteiger partial charge on any atom is -0.496 e. The molecule has 8 heteroatoms. The highest BCUT2D eigenvalue weighted by Gasteiger charge is 2.10. The molecule has 0 bridgehead atoms. The lowest BCUT2D eigenvalue weighted by atomic mass is 10.1. The van der Waals surface area contributed by atoms with E-state index in [1.807, 2.05) is 0 Å². The second kappa shape index (κ2) is 14.0. The van der Waals surface area contributed by atoms with Gasteiger partial charge in [0.15, 0.2) is 17.3 Å². The second-order valence-corrected chi connectivity index (χ2v) is 6.27. The van der Waals surface area contributed by atoms with Crippen molar-refractivity contribution in [3.8, 4) is 17.2 Å². The Morgan fingerprint density at radius 2 is 1.77 bits per heavy atom. The van der Waals surface area contributed by atoms with Crippen LogP contribution >= 0.6 is 12.4 Å². The maximum absolute atomic E-state index is 12.5. The topological polar surface area (TPSA) is 84.0 Å². The van der Waals surface area contributed by atoms with Gasteiger partial charge in [-0.25, -0.2) is 0 Å². The third kappa shape index (κ3) is 8.30. The van der Waals surface area contributed by atoms with Gasteiger partial charge in [0.1, 0.15) is 5.75 Å². The molecule has 168 valence electrons. The van der Waals surface area contributed by atoms with Crippen LogP contribution in [0.3, 0.4) is 0 Å². The Kier molecular flexibility index (Phi) is 11.8. The fraction of sp³-hybridized carbons (Fsp3) is 0.348. The number of benzene rings is 1. The smallest absolute Gasteiger partial charge is 0.305 e. The molecule has 0 aliphatic carbocycles. The lowest BCUT2D eigenvalue weighted by Gasteiger charge is -2.11. The molecule has 1 aromatic carbocycles. The molecule has 0 saturated heterocycles. The van der Waals surface area contributed by atoms with Crippen molar-refractivity contribution in [2.75, 3.05) is 27.4 Å². The maximum atomic E-state index is 12.5. The molecule has 0 radical (unpaired) electrons. The van der Waals surface area contributed by atoms with E-state index in [2.05, 4.69) is 4.98 Å². The summed E-state index contributed by atoms with van der Waals surface area (Å²) in [5, 5.41) is 0. The van der Waals surface area contributed by atoms with Gasteiger partial charge in [-0.3, -0.25) is 14.6 Å². The summed E-state index contributed by atoms with van der Waals surface area (Å²) in [6, 6.07) is 8.73. The van der Waals surface area contributed by atoms with E-state index in [4.69, 9.17) is 18.9 Å². The van der Waals surface area contributed by atoms with Crippen molar-refractivity contribution >= 4 is 30.2 Å². The molecule has 0 aliphatic heterocycles. The van der Waals surface area contributed by atoms with Crippen molar-refractivity contribution in [1.82, 2.24) is 4.98 Å². The van der Waals surface area contributed by atoms with Crippen LogP contribution in [0.4, 0.5) is 0 Å². The average molecular weight is 450 g/mol. The molecule has 1 heterocycles. The first-order valence-corrected chi connectivity index (χ1v) is 9.77. The van der Waals surface area contributed by atoms with Crippen molar-refractivity contribution in [2.45, 2.75) is 26.2 Å². The lowest BCUT2D eigenvalue weighted by Crippen LogP contribution is -2.05. The maximum Gasteiger partial charge on any atom is 0.305 e. The summed E-state index contributed by atoms with van der Waals surface area (Å²) in [7, 11) is 3.06. The van der Waals surface area contributed by atoms with Crippen molar-refractivity contribution in [3.05, 3.63) is 53.9 Å². The Labute approximate surface area is 188 Å². The predicted octanol–water partition coefficient (Wildman–Crippen LogP) is 4.53. The number of allylic oxidation sites excluding steroid dienone is 1. The number of unbranched alkanes of at least 4 members (excludes halogenated alkanes) is 1. The zero-order valence-electron chi connectivity index (χ0n) is 18.0. The number of carbonyl (C=O) groups excluding carboxylic acids is 2. The van der Waals surface area contributed by atoms with Gasteiger partial charge in [-0.2, -0.15) is 0 Å². The molecular formula is C23H28ClNO6. The molecule has 2 aromatic rings. The fourth-order valence-corrected chi connectivity index (χ4v) is 2.68. The molecule has 0 amide bonds. The summed E-state index contributed by atoms with van der Waals surface area (Å²) >= 11 is 0. The summed E-state index contributed by atoms with van der Waals surface area (Å²) in [4.78, 5) is 28.1. The third-order valence-corrected chi connectivity index (χ3v) is 4.19. The van der Waals surface area contributed by atoms with Gasteiger partial charge in [0, 0.05) is 12.5 Å². The van der Waals surface area contributed by atoms with Crippen molar-refractivity contribution < 1.29 is 28.5 Å². The summed E-state index contributed by atoms with van der Waals surface area (Å²) < 4.78 is 21.2. The normalized spacial score (nSPS) is 10.3. The summed E-state index contributed by atoms with van der Waals surface area (Å²) in [6.07, 6.45) is 6.33. The standard InChI is InChI=1S/C23H27NO6.ClH/c1-4-29-23(26)11-7-8-14-30-21-15-17(24-16-22(21)28-3)12-13-19(25)18-9-5-6-10-20(18)27-2;/h5-6,9-10,12-13,15-16H,4,7-8,11,14H2,1-3H3;1H/b13-12+;. The van der Waals surface area contributed by atoms with E-state index in [-0.39, 0.29) is 24.2 Å². The lowest BCUT2D eigenvalue weighted by molar-refractivity contribution is -0.143. The Morgan fingerprint density at radius 1 is 1.03 bits per heavy atom. The number of pyridine rings is 1. The van der Waals surface area contributed by atoms with Gasteiger partial charge in [0.2, 0.25) is 0 Å². The van der Waals surface area contributed by atoms with Crippen LogP contribution in [0, 0.1) is 0 Å². The zero-order chi connectivity index (χ0) is 21.8. The third-order valence-electron chi connectivity index (χ3n) is 4.19. The number of hydrogen-bond acceptors (Lipinski definition) is 7. The van der Waals surface area contributed by atoms with Crippen LogP contribution in [0.15, 0.2) is 42.6 Å². The molecule has 1 aromatic heterocycles. The Balaban J connectivity index is 0.00000480. The van der Waals surface area contributed by atoms with Crippen LogP contribution < -0.4 is 14.2 Å². The van der Waals surface area contributed by atoms with Gasteiger partial charge >= 0.3 is 5.97 Å². The second-order valence-electron chi connectivity index (χ2n) is 6.27. The van der Waals surface area contributed by atoms with Gasteiger partial charge in [-0.15, -0.1) is 12.4 Å². The van der Waals surface area contributed by atoms with Crippen LogP contribution in [-0.4, -0.2) is 44.2 Å². The number of methoxy groups -OCH3 is 2. The van der Waals surface area contributed by atoms with E-state index in [9.17, 15) is 9.59 Å². The van der Waals surface area contributed by atoms with Gasteiger partial charge < -0.3 is 18.9 Å². The minimum atomic E-state index is -0.203. The average Bonchev–Trinajstić information content (AvgIpc) is 2.77. The number of hydrogen-bond donors (Lipinski definition) is 0. The van der Waals surface area contributed by atoms with Gasteiger partial charge in [0.05, 0.1) is 44.9 Å². The summed E-state index contributed by atoms with van der Waals surface area (Å²) in [6.45, 7) is 2.59. The molecule has 0 spiro atoms. The predicted molar refractivity (Wildman–Crippen MR) is 120 cm³/mol. The highest BCUT2D eigenvalue weighted by molar-refractivity contribution is 6.08. The molecule has 0 saturated carbocycles. The Bertz CT molecular complexity index is 884. The summed E-state index contributed by atoms with van der Waals surface area (Å²) in [5.41, 5.74) is 1.03. The number of para-hydroxylation sites is 1. The molecule has 31 heavy (non-hydrogen) atoms. The first-order valence-electron chi connectivity index (χ1n) is 9.77. The molecule has 2 rings (SSSR count). The van der Waals surface area contributed by atoms with Crippen molar-refractivity contribution in [1.29, 1.82) is 0 Å². The molecule has 0 aliphatic rings. The van der Waals surface area contributed by atoms with Gasteiger partial charge in [-0.05, 0) is 44.1 Å². The van der Waals surface area contributed by atoms with E-state index in [0.717, 1.165) is 0 Å². The van der Waals surface area contributed by atoms with Crippen molar-refractivity contribution in [2.24, 2.45) is 0 Å². The van der Waals surface area contributed by atoms with E-state index < -0.39 is 0 Å². The number of nitrogens with zero attached hydrogens (tertiary/aromatic N) is 1. The molecule has 0 fully saturated rings. The molecular weight excluding hydrogens is 422 g/mol. The van der Waals surface area contributed by atoms with Crippen molar-refractivity contribution in [3.63, 3.8) is 0 Å². The number of carbonyl (C=O) groups is 2. The number of rotatable bonds is 12. The fourth-order valence-electron chi connectivity index (χ4n) is 2.68. The highest BCUT2D eigenvalue weighted by atomic mass is 35.5. The van der Waals surface area contributed by atoms with E-state index in [1.165, 1.54) is 20.3 Å². The Hall–Kier alpha value is -3.06. The number of esters is 1. The number of aromatic nitrogens is 1. The molecule has 7 nitrogen and oxygen atoms in total. The van der Waals surface area contributed by atoms with Crippen LogP contribution in [0.1, 0.15) is 42.2 Å². The monoisotopic (exact) mass is 449 g/mol. The van der Waals surface area contributed by atoms with Crippen LogP contribution in [0.2, 0.25) is 0 Å². The first kappa shape index (κ1) is 26.0. The number of halogens is 1. The van der Waals surface area contributed by atoms with Gasteiger partial charge in [0.25, 0.3) is 0 Å². The van der Waals surface area contributed by atoms with Gasteiger partial charge in [-0.1, -0.05) is 12.1 Å². The number of ketones is 1. The number of ether oxygens (including phenoxy) is 4. The zero-order valence-corrected chi connectivity index (χ0v) is 18.8. The van der Waals surface area contributed by atoms with E-state index in [1.54, 1.807) is 49.5 Å². The van der Waals surface area contributed by atoms with Crippen LogP contribution in [0.25, 0.3) is 6.08 Å². The molecule has 0 N–H and O–H groups in total. The van der Waals surface area contributed by atoms with Crippen LogP contribution in [0.5, 0.6) is 17.2 Å². The highest BCUT2D eigenvalue weighted by Crippen LogP contribution is 2.27. The van der Waals surface area contributed by atoms with E-state index >= 15 is 0 Å². The SMILES string of the molecule is CCOC(=O)CCCCOc1cc(/C=C/C(=O)c2ccccc2OC)ncc1OC.Cl. The van der Waals surface area contributed by atoms with Crippen LogP contribution in [-0.2, 0) is 9.53 Å². The molecule has 0 atom stereocenters. The Morgan fingerprint density at radius 3 is 2.48 bits per heavy atom. The summed E-state index contributed by atoms with van der Waals surface area (Å²) in [5.74, 6) is 1.14. The largest absolute Gasteiger partial charge is 0.496 e. The quantitative estimate of drug-likeness (QED) is 0.204. The molecule has 0 unspecified atom stereocenters. The van der Waals surface area contributed by atoms with E-state index in [0.29, 0.717) is 61.0 Å². The minimum absolute atomic E-state index is 0.